The van der Waals surface area contributed by atoms with Gasteiger partial charge >= 0.3 is 24.0 Å². The van der Waals surface area contributed by atoms with Crippen LogP contribution in [0.15, 0.2) is 24.3 Å². The first-order valence-electron chi connectivity index (χ1n) is 5.67. The van der Waals surface area contributed by atoms with Crippen LogP contribution in [0.1, 0.15) is 5.56 Å². The third kappa shape index (κ3) is 3.42. The number of hydrogen-bond acceptors (Lipinski definition) is 3. The maximum atomic E-state index is 13.7. The lowest BCUT2D eigenvalue weighted by Crippen LogP contribution is -2.50. The molecule has 0 fully saturated rings. The molecule has 0 saturated carbocycles. The SMILES string of the molecule is COC(=O)CNc1ccc(C(F)(C(F)(F)F)C(F)(F)F)cc1. The topological polar surface area (TPSA) is 38.3 Å². The average Bonchev–Trinajstić information content (AvgIpc) is 2.42. The van der Waals surface area contributed by atoms with Crippen molar-refractivity contribution in [1.82, 2.24) is 0 Å². The van der Waals surface area contributed by atoms with Gasteiger partial charge in [0, 0.05) is 11.3 Å². The fraction of sp³-hybridized carbons (Fsp3) is 0.417. The third-order valence-corrected chi connectivity index (χ3v) is 2.73. The molecule has 1 aromatic carbocycles. The predicted octanol–water partition coefficient (Wildman–Crippen LogP) is 3.56. The van der Waals surface area contributed by atoms with Crippen molar-refractivity contribution in [3.05, 3.63) is 29.8 Å². The lowest BCUT2D eigenvalue weighted by Gasteiger charge is -2.30. The fourth-order valence-corrected chi connectivity index (χ4v) is 1.55. The van der Waals surface area contributed by atoms with E-state index in [9.17, 15) is 35.5 Å². The number of benzene rings is 1. The van der Waals surface area contributed by atoms with Gasteiger partial charge in [-0.3, -0.25) is 4.79 Å². The molecule has 0 unspecified atom stereocenters. The number of anilines is 1. The van der Waals surface area contributed by atoms with E-state index in [1.165, 1.54) is 0 Å². The molecule has 0 heterocycles. The van der Waals surface area contributed by atoms with Crippen LogP contribution in [-0.4, -0.2) is 32.0 Å². The van der Waals surface area contributed by atoms with Gasteiger partial charge in [-0.05, 0) is 12.1 Å². The first-order valence-corrected chi connectivity index (χ1v) is 5.67. The summed E-state index contributed by atoms with van der Waals surface area (Å²) in [4.78, 5) is 10.8. The average molecular weight is 333 g/mol. The Morgan fingerprint density at radius 2 is 1.45 bits per heavy atom. The smallest absolute Gasteiger partial charge is 0.435 e. The van der Waals surface area contributed by atoms with E-state index in [1.807, 2.05) is 0 Å². The molecular weight excluding hydrogens is 323 g/mol. The summed E-state index contributed by atoms with van der Waals surface area (Å²) in [7, 11) is 1.09. The van der Waals surface area contributed by atoms with Crippen LogP contribution in [0.4, 0.5) is 36.4 Å². The van der Waals surface area contributed by atoms with Gasteiger partial charge in [0.15, 0.2) is 0 Å². The van der Waals surface area contributed by atoms with Crippen LogP contribution in [0.3, 0.4) is 0 Å². The number of methoxy groups -OCH3 is 1. The molecule has 0 aliphatic carbocycles. The minimum absolute atomic E-state index is 0.0286. The summed E-state index contributed by atoms with van der Waals surface area (Å²) >= 11 is 0. The van der Waals surface area contributed by atoms with Crippen LogP contribution in [0.2, 0.25) is 0 Å². The van der Waals surface area contributed by atoms with Gasteiger partial charge in [0.2, 0.25) is 0 Å². The molecule has 124 valence electrons. The van der Waals surface area contributed by atoms with E-state index in [4.69, 9.17) is 0 Å². The Morgan fingerprint density at radius 3 is 1.82 bits per heavy atom. The maximum absolute atomic E-state index is 13.7. The Morgan fingerprint density at radius 1 is 1.00 bits per heavy atom. The monoisotopic (exact) mass is 333 g/mol. The van der Waals surface area contributed by atoms with Gasteiger partial charge in [-0.25, -0.2) is 4.39 Å². The van der Waals surface area contributed by atoms with Gasteiger partial charge in [-0.15, -0.1) is 0 Å². The third-order valence-electron chi connectivity index (χ3n) is 2.73. The zero-order valence-electron chi connectivity index (χ0n) is 11.0. The number of nitrogens with one attached hydrogen (secondary N) is 1. The van der Waals surface area contributed by atoms with Gasteiger partial charge < -0.3 is 10.1 Å². The summed E-state index contributed by atoms with van der Waals surface area (Å²) in [6.07, 6.45) is -12.3. The second-order valence-corrected chi connectivity index (χ2v) is 4.16. The highest BCUT2D eigenvalue weighted by Gasteiger charge is 2.73. The quantitative estimate of drug-likeness (QED) is 0.676. The predicted molar refractivity (Wildman–Crippen MR) is 61.8 cm³/mol. The highest BCUT2D eigenvalue weighted by molar-refractivity contribution is 5.74. The molecule has 10 heteroatoms. The van der Waals surface area contributed by atoms with E-state index in [1.54, 1.807) is 0 Å². The lowest BCUT2D eigenvalue weighted by molar-refractivity contribution is -0.348. The summed E-state index contributed by atoms with van der Waals surface area (Å²) in [5.41, 5.74) is -7.04. The van der Waals surface area contributed by atoms with Crippen molar-refractivity contribution in [2.75, 3.05) is 19.0 Å². The van der Waals surface area contributed by atoms with Crippen LogP contribution in [0.25, 0.3) is 0 Å². The number of carbonyl (C=O) groups is 1. The van der Waals surface area contributed by atoms with Gasteiger partial charge in [0.25, 0.3) is 0 Å². The number of alkyl halides is 7. The Hall–Kier alpha value is -2.00. The molecule has 1 N–H and O–H groups in total. The van der Waals surface area contributed by atoms with Crippen molar-refractivity contribution >= 4 is 11.7 Å². The fourth-order valence-electron chi connectivity index (χ4n) is 1.55. The van der Waals surface area contributed by atoms with Crippen molar-refractivity contribution in [2.24, 2.45) is 0 Å². The van der Waals surface area contributed by atoms with Gasteiger partial charge in [-0.2, -0.15) is 26.3 Å². The molecule has 0 atom stereocenters. The number of esters is 1. The molecule has 22 heavy (non-hydrogen) atoms. The van der Waals surface area contributed by atoms with E-state index in [0.717, 1.165) is 19.2 Å². The molecule has 0 aliphatic rings. The first kappa shape index (κ1) is 18.1. The van der Waals surface area contributed by atoms with Crippen molar-refractivity contribution < 1.29 is 40.3 Å². The number of halogens is 7. The standard InChI is InChI=1S/C12H10F7NO2/c1-22-9(21)6-20-8-4-2-7(3-5-8)10(13,11(14,15)16)12(17,18)19/h2-5,20H,6H2,1H3. The minimum atomic E-state index is -6.16. The van der Waals surface area contributed by atoms with E-state index in [-0.39, 0.29) is 12.2 Å². The number of rotatable bonds is 4. The van der Waals surface area contributed by atoms with Gasteiger partial charge in [0.1, 0.15) is 6.54 Å². The van der Waals surface area contributed by atoms with E-state index in [0.29, 0.717) is 12.1 Å². The Bertz CT molecular complexity index is 508. The highest BCUT2D eigenvalue weighted by atomic mass is 19.4. The van der Waals surface area contributed by atoms with Gasteiger partial charge in [-0.1, -0.05) is 12.1 Å². The maximum Gasteiger partial charge on any atom is 0.435 e. The highest BCUT2D eigenvalue weighted by Crippen LogP contribution is 2.53. The van der Waals surface area contributed by atoms with E-state index >= 15 is 0 Å². The molecule has 0 saturated heterocycles. The molecule has 0 spiro atoms. The summed E-state index contributed by atoms with van der Waals surface area (Å²) in [6, 6.07) is 2.29. The summed E-state index contributed by atoms with van der Waals surface area (Å²) in [5, 5.41) is 2.39. The van der Waals surface area contributed by atoms with Crippen molar-refractivity contribution in [1.29, 1.82) is 0 Å². The number of hydrogen-bond donors (Lipinski definition) is 1. The van der Waals surface area contributed by atoms with Crippen LogP contribution >= 0.6 is 0 Å². The molecular formula is C12H10F7NO2. The Labute approximate surface area is 120 Å². The lowest BCUT2D eigenvalue weighted by atomic mass is 9.94. The van der Waals surface area contributed by atoms with Crippen molar-refractivity contribution in [3.8, 4) is 0 Å². The van der Waals surface area contributed by atoms with Crippen LogP contribution < -0.4 is 5.32 Å². The van der Waals surface area contributed by atoms with Gasteiger partial charge in [0.05, 0.1) is 7.11 Å². The van der Waals surface area contributed by atoms with E-state index < -0.39 is 29.6 Å². The van der Waals surface area contributed by atoms with Crippen molar-refractivity contribution in [3.63, 3.8) is 0 Å². The molecule has 0 bridgehead atoms. The molecule has 1 aromatic rings. The molecule has 0 aromatic heterocycles. The Balaban J connectivity index is 3.08. The van der Waals surface area contributed by atoms with Crippen LogP contribution in [0.5, 0.6) is 0 Å². The minimum Gasteiger partial charge on any atom is -0.468 e. The summed E-state index contributed by atoms with van der Waals surface area (Å²) in [5.74, 6) is -0.700. The molecule has 3 nitrogen and oxygen atoms in total. The largest absolute Gasteiger partial charge is 0.468 e. The second-order valence-electron chi connectivity index (χ2n) is 4.16. The van der Waals surface area contributed by atoms with E-state index in [2.05, 4.69) is 10.1 Å². The zero-order valence-corrected chi connectivity index (χ0v) is 11.0. The number of ether oxygens (including phenoxy) is 1. The normalized spacial score (nSPS) is 12.9. The molecule has 1 rings (SSSR count). The molecule has 0 aliphatic heterocycles. The van der Waals surface area contributed by atoms with Crippen LogP contribution in [-0.2, 0) is 15.2 Å². The summed E-state index contributed by atoms with van der Waals surface area (Å²) in [6.45, 7) is -0.352. The first-order chi connectivity index (χ1) is 9.93. The Kier molecular flexibility index (Phi) is 4.93. The zero-order chi connectivity index (χ0) is 17.2. The second kappa shape index (κ2) is 6.01. The molecule has 0 amide bonds. The van der Waals surface area contributed by atoms with Crippen LogP contribution in [0, 0.1) is 0 Å². The number of carbonyl (C=O) groups excluding carboxylic acids is 1. The summed E-state index contributed by atoms with van der Waals surface area (Å²) < 4.78 is 93.1. The molecule has 0 radical (unpaired) electrons. The van der Waals surface area contributed by atoms with Crippen molar-refractivity contribution in [2.45, 2.75) is 18.0 Å².